The minimum absolute atomic E-state index is 0.0164. The molecule has 0 unspecified atom stereocenters. The number of carbonyl (C=O) groups excluding carboxylic acids is 2. The van der Waals surface area contributed by atoms with E-state index in [1.165, 1.54) is 11.8 Å². The minimum atomic E-state index is -0.0765. The second-order valence-electron chi connectivity index (χ2n) is 6.29. The predicted molar refractivity (Wildman–Crippen MR) is 88.3 cm³/mol. The number of piperidine rings is 1. The number of fused-ring (bicyclic) bond motifs is 1. The minimum Gasteiger partial charge on any atom is -0.351 e. The molecule has 0 radical (unpaired) electrons. The van der Waals surface area contributed by atoms with Gasteiger partial charge in [-0.2, -0.15) is 0 Å². The summed E-state index contributed by atoms with van der Waals surface area (Å²) in [7, 11) is 0. The summed E-state index contributed by atoms with van der Waals surface area (Å²) in [4.78, 5) is 24.8. The van der Waals surface area contributed by atoms with Gasteiger partial charge in [-0.05, 0) is 49.5 Å². The van der Waals surface area contributed by atoms with Crippen molar-refractivity contribution in [3.63, 3.8) is 0 Å². The van der Waals surface area contributed by atoms with E-state index in [2.05, 4.69) is 22.9 Å². The van der Waals surface area contributed by atoms with E-state index < -0.39 is 0 Å². The van der Waals surface area contributed by atoms with Crippen LogP contribution in [0.15, 0.2) is 23.1 Å². The van der Waals surface area contributed by atoms with Gasteiger partial charge in [0.2, 0.25) is 5.91 Å². The van der Waals surface area contributed by atoms with Gasteiger partial charge < -0.3 is 16.0 Å². The first-order chi connectivity index (χ1) is 10.6. The molecule has 1 aromatic rings. The number of hydrogen-bond acceptors (Lipinski definition) is 4. The summed E-state index contributed by atoms with van der Waals surface area (Å²) in [5.41, 5.74) is 1.50. The van der Waals surface area contributed by atoms with Crippen LogP contribution in [-0.4, -0.2) is 37.2 Å². The summed E-state index contributed by atoms with van der Waals surface area (Å²) in [6.45, 7) is 4.92. The summed E-state index contributed by atoms with van der Waals surface area (Å²) < 4.78 is 0. The van der Waals surface area contributed by atoms with E-state index in [9.17, 15) is 9.59 Å². The van der Waals surface area contributed by atoms with Crippen molar-refractivity contribution < 1.29 is 9.59 Å². The summed E-state index contributed by atoms with van der Waals surface area (Å²) in [6, 6.07) is 5.49. The third kappa shape index (κ3) is 3.44. The molecule has 2 aliphatic heterocycles. The van der Waals surface area contributed by atoms with Gasteiger partial charge in [-0.25, -0.2) is 0 Å². The molecule has 0 bridgehead atoms. The zero-order valence-electron chi connectivity index (χ0n) is 12.7. The highest BCUT2D eigenvalue weighted by molar-refractivity contribution is 8.00. The average molecular weight is 319 g/mol. The highest BCUT2D eigenvalue weighted by Gasteiger charge is 2.27. The van der Waals surface area contributed by atoms with E-state index in [0.29, 0.717) is 17.9 Å². The van der Waals surface area contributed by atoms with Gasteiger partial charge in [0.15, 0.2) is 0 Å². The van der Waals surface area contributed by atoms with Crippen LogP contribution in [-0.2, 0) is 4.79 Å². The smallest absolute Gasteiger partial charge is 0.251 e. The second kappa shape index (κ2) is 6.30. The quantitative estimate of drug-likeness (QED) is 0.795. The Hall–Kier alpha value is -1.53. The summed E-state index contributed by atoms with van der Waals surface area (Å²) in [5.74, 6) is 0.343. The van der Waals surface area contributed by atoms with E-state index in [1.54, 1.807) is 6.07 Å². The first kappa shape index (κ1) is 15.4. The third-order valence-corrected chi connectivity index (χ3v) is 5.43. The Balaban J connectivity index is 1.65. The molecule has 5 nitrogen and oxygen atoms in total. The van der Waals surface area contributed by atoms with Gasteiger partial charge in [0.25, 0.3) is 5.91 Å². The van der Waals surface area contributed by atoms with Crippen LogP contribution < -0.4 is 16.0 Å². The van der Waals surface area contributed by atoms with Crippen molar-refractivity contribution >= 4 is 29.3 Å². The van der Waals surface area contributed by atoms with E-state index in [1.807, 2.05) is 12.1 Å². The summed E-state index contributed by atoms with van der Waals surface area (Å²) in [6.07, 6.45) is 2.15. The number of rotatable bonds is 3. The summed E-state index contributed by atoms with van der Waals surface area (Å²) in [5, 5.41) is 9.20. The van der Waals surface area contributed by atoms with Crippen molar-refractivity contribution in [3.8, 4) is 0 Å². The molecule has 6 heteroatoms. The Kier molecular flexibility index (Phi) is 4.40. The molecule has 0 aromatic heterocycles. The number of anilines is 1. The maximum Gasteiger partial charge on any atom is 0.251 e. The Morgan fingerprint density at radius 1 is 1.36 bits per heavy atom. The van der Waals surface area contributed by atoms with E-state index in [0.717, 1.165) is 36.5 Å². The normalized spacial score (nSPS) is 20.0. The van der Waals surface area contributed by atoms with Crippen LogP contribution in [0.1, 0.15) is 30.1 Å². The molecule has 1 saturated heterocycles. The molecule has 3 rings (SSSR count). The molecule has 2 amide bonds. The van der Waals surface area contributed by atoms with Crippen molar-refractivity contribution in [1.29, 1.82) is 0 Å². The molecular formula is C16H21N3O2S. The first-order valence-electron chi connectivity index (χ1n) is 7.61. The fourth-order valence-corrected chi connectivity index (χ4v) is 3.62. The fourth-order valence-electron chi connectivity index (χ4n) is 2.83. The SMILES string of the molecule is CC1(CNC(=O)c2ccc3c(c2)NC(=O)CS3)CCNCC1. The average Bonchev–Trinajstić information content (AvgIpc) is 2.52. The van der Waals surface area contributed by atoms with Crippen molar-refractivity contribution in [2.45, 2.75) is 24.7 Å². The van der Waals surface area contributed by atoms with Crippen molar-refractivity contribution in [2.75, 3.05) is 30.7 Å². The number of benzene rings is 1. The van der Waals surface area contributed by atoms with Crippen LogP contribution in [0.3, 0.4) is 0 Å². The zero-order valence-corrected chi connectivity index (χ0v) is 13.5. The van der Waals surface area contributed by atoms with Crippen LogP contribution in [0.25, 0.3) is 0 Å². The van der Waals surface area contributed by atoms with Gasteiger partial charge in [-0.15, -0.1) is 11.8 Å². The van der Waals surface area contributed by atoms with Gasteiger partial charge in [-0.1, -0.05) is 6.92 Å². The maximum atomic E-state index is 12.4. The lowest BCUT2D eigenvalue weighted by Gasteiger charge is -2.34. The molecule has 0 aliphatic carbocycles. The van der Waals surface area contributed by atoms with Crippen LogP contribution in [0, 0.1) is 5.41 Å². The Bertz CT molecular complexity index is 597. The molecule has 118 valence electrons. The largest absolute Gasteiger partial charge is 0.351 e. The number of amides is 2. The molecule has 3 N–H and O–H groups in total. The molecule has 22 heavy (non-hydrogen) atoms. The van der Waals surface area contributed by atoms with E-state index in [4.69, 9.17) is 0 Å². The number of nitrogens with one attached hydrogen (secondary N) is 3. The van der Waals surface area contributed by atoms with Crippen LogP contribution in [0.4, 0.5) is 5.69 Å². The third-order valence-electron chi connectivity index (χ3n) is 4.36. The summed E-state index contributed by atoms with van der Waals surface area (Å²) >= 11 is 1.50. The molecule has 0 atom stereocenters. The molecule has 1 fully saturated rings. The number of carbonyl (C=O) groups is 2. The van der Waals surface area contributed by atoms with Crippen LogP contribution >= 0.6 is 11.8 Å². The molecule has 0 spiro atoms. The van der Waals surface area contributed by atoms with E-state index in [-0.39, 0.29) is 17.2 Å². The predicted octanol–water partition coefficient (Wildman–Crippen LogP) is 1.85. The highest BCUT2D eigenvalue weighted by atomic mass is 32.2. The lowest BCUT2D eigenvalue weighted by molar-refractivity contribution is -0.113. The lowest BCUT2D eigenvalue weighted by atomic mass is 9.81. The van der Waals surface area contributed by atoms with Crippen molar-refractivity contribution in [2.24, 2.45) is 5.41 Å². The number of hydrogen-bond donors (Lipinski definition) is 3. The monoisotopic (exact) mass is 319 g/mol. The van der Waals surface area contributed by atoms with Gasteiger partial charge >= 0.3 is 0 Å². The van der Waals surface area contributed by atoms with Gasteiger partial charge in [0.1, 0.15) is 0 Å². The Morgan fingerprint density at radius 2 is 2.14 bits per heavy atom. The van der Waals surface area contributed by atoms with Crippen molar-refractivity contribution in [1.82, 2.24) is 10.6 Å². The van der Waals surface area contributed by atoms with Gasteiger partial charge in [0.05, 0.1) is 11.4 Å². The second-order valence-corrected chi connectivity index (χ2v) is 7.31. The van der Waals surface area contributed by atoms with Crippen molar-refractivity contribution in [3.05, 3.63) is 23.8 Å². The molecule has 2 aliphatic rings. The van der Waals surface area contributed by atoms with Gasteiger partial charge in [0, 0.05) is 17.0 Å². The van der Waals surface area contributed by atoms with Crippen LogP contribution in [0.5, 0.6) is 0 Å². The first-order valence-corrected chi connectivity index (χ1v) is 8.60. The van der Waals surface area contributed by atoms with E-state index >= 15 is 0 Å². The fraction of sp³-hybridized carbons (Fsp3) is 0.500. The lowest BCUT2D eigenvalue weighted by Crippen LogP contribution is -2.42. The topological polar surface area (TPSA) is 70.2 Å². The highest BCUT2D eigenvalue weighted by Crippen LogP contribution is 2.32. The van der Waals surface area contributed by atoms with Crippen LogP contribution in [0.2, 0.25) is 0 Å². The molecule has 2 heterocycles. The maximum absolute atomic E-state index is 12.4. The molecular weight excluding hydrogens is 298 g/mol. The Labute approximate surface area is 134 Å². The molecule has 1 aromatic carbocycles. The number of thioether (sulfide) groups is 1. The van der Waals surface area contributed by atoms with Gasteiger partial charge in [-0.3, -0.25) is 9.59 Å². The standard InChI is InChI=1S/C16H21N3O2S/c1-16(4-6-17-7-5-16)10-18-15(21)11-2-3-13-12(8-11)19-14(20)9-22-13/h2-3,8,17H,4-7,9-10H2,1H3,(H,18,21)(H,19,20). The molecule has 0 saturated carbocycles. The Morgan fingerprint density at radius 3 is 2.91 bits per heavy atom. The zero-order chi connectivity index (χ0) is 15.6.